The van der Waals surface area contributed by atoms with Gasteiger partial charge in [0.05, 0.1) is 16.8 Å². The van der Waals surface area contributed by atoms with Crippen LogP contribution in [-0.4, -0.2) is 10.9 Å². The zero-order valence-corrected chi connectivity index (χ0v) is 12.2. The van der Waals surface area contributed by atoms with Gasteiger partial charge in [-0.15, -0.1) is 22.7 Å². The Kier molecular flexibility index (Phi) is 3.90. The number of aromatic nitrogens is 1. The number of fused-ring (bicyclic) bond motifs is 1. The third-order valence-electron chi connectivity index (χ3n) is 2.70. The van der Waals surface area contributed by atoms with E-state index in [4.69, 9.17) is 0 Å². The molecule has 0 saturated heterocycles. The smallest absolute Gasteiger partial charge is 0.244 e. The van der Waals surface area contributed by atoms with Crippen LogP contribution in [0.5, 0.6) is 0 Å². The van der Waals surface area contributed by atoms with Crippen LogP contribution in [0, 0.1) is 0 Å². The van der Waals surface area contributed by atoms with Crippen molar-refractivity contribution >= 4 is 44.9 Å². The van der Waals surface area contributed by atoms with E-state index in [1.165, 1.54) is 6.08 Å². The Hall–Kier alpha value is -1.98. The van der Waals surface area contributed by atoms with Gasteiger partial charge in [-0.05, 0) is 29.7 Å². The van der Waals surface area contributed by atoms with Crippen LogP contribution in [-0.2, 0) is 11.3 Å². The molecule has 0 aliphatic heterocycles. The van der Waals surface area contributed by atoms with Gasteiger partial charge in [0.15, 0.2) is 0 Å². The molecule has 0 fully saturated rings. The van der Waals surface area contributed by atoms with E-state index in [9.17, 15) is 4.79 Å². The van der Waals surface area contributed by atoms with Gasteiger partial charge in [-0.2, -0.15) is 0 Å². The summed E-state index contributed by atoms with van der Waals surface area (Å²) in [6.07, 6.45) is 3.29. The van der Waals surface area contributed by atoms with Crippen molar-refractivity contribution in [2.45, 2.75) is 6.54 Å². The molecule has 0 unspecified atom stereocenters. The standard InChI is InChI=1S/C15H12N2OS2/c18-14(16-10-11-4-3-9-19-11)7-8-15-17-12-5-1-2-6-13(12)20-15/h1-9H,10H2,(H,16,18)/b8-7+. The number of nitrogens with zero attached hydrogens (tertiary/aromatic N) is 1. The number of para-hydroxylation sites is 1. The van der Waals surface area contributed by atoms with E-state index < -0.39 is 0 Å². The van der Waals surface area contributed by atoms with E-state index in [0.29, 0.717) is 6.54 Å². The molecule has 3 nitrogen and oxygen atoms in total. The Morgan fingerprint density at radius 1 is 1.25 bits per heavy atom. The molecule has 2 aromatic heterocycles. The highest BCUT2D eigenvalue weighted by molar-refractivity contribution is 7.19. The third-order valence-corrected chi connectivity index (χ3v) is 4.58. The van der Waals surface area contributed by atoms with Gasteiger partial charge in [-0.25, -0.2) is 4.98 Å². The SMILES string of the molecule is O=C(/C=C/c1nc2ccccc2s1)NCc1cccs1. The molecule has 0 spiro atoms. The molecule has 0 aliphatic rings. The van der Waals surface area contributed by atoms with Gasteiger partial charge >= 0.3 is 0 Å². The van der Waals surface area contributed by atoms with Crippen LogP contribution in [0.3, 0.4) is 0 Å². The molecule has 0 bridgehead atoms. The van der Waals surface area contributed by atoms with E-state index in [2.05, 4.69) is 10.3 Å². The molecule has 1 N–H and O–H groups in total. The Labute approximate surface area is 124 Å². The highest BCUT2D eigenvalue weighted by Crippen LogP contribution is 2.22. The summed E-state index contributed by atoms with van der Waals surface area (Å²) in [5.41, 5.74) is 0.969. The van der Waals surface area contributed by atoms with E-state index in [1.807, 2.05) is 41.8 Å². The molecular weight excluding hydrogens is 288 g/mol. The molecule has 0 atom stereocenters. The molecule has 100 valence electrons. The summed E-state index contributed by atoms with van der Waals surface area (Å²) in [5.74, 6) is -0.0994. The topological polar surface area (TPSA) is 42.0 Å². The first kappa shape index (κ1) is 13.0. The van der Waals surface area contributed by atoms with Gasteiger partial charge in [-0.1, -0.05) is 18.2 Å². The van der Waals surface area contributed by atoms with Crippen molar-refractivity contribution in [3.63, 3.8) is 0 Å². The lowest BCUT2D eigenvalue weighted by Crippen LogP contribution is -2.19. The normalized spacial score (nSPS) is 11.2. The van der Waals surface area contributed by atoms with Crippen molar-refractivity contribution in [1.29, 1.82) is 0 Å². The summed E-state index contributed by atoms with van der Waals surface area (Å²) in [7, 11) is 0. The average Bonchev–Trinajstić information content (AvgIpc) is 3.11. The quantitative estimate of drug-likeness (QED) is 0.747. The van der Waals surface area contributed by atoms with Crippen molar-refractivity contribution in [2.24, 2.45) is 0 Å². The summed E-state index contributed by atoms with van der Waals surface area (Å²) in [6.45, 7) is 0.570. The third kappa shape index (κ3) is 3.12. The molecule has 1 aromatic carbocycles. The lowest BCUT2D eigenvalue weighted by Gasteiger charge is -1.97. The van der Waals surface area contributed by atoms with Gasteiger partial charge < -0.3 is 5.32 Å². The molecule has 2 heterocycles. The minimum atomic E-state index is -0.0994. The number of thiophene rings is 1. The fourth-order valence-corrected chi connectivity index (χ4v) is 3.27. The largest absolute Gasteiger partial charge is 0.348 e. The second-order valence-corrected chi connectivity index (χ2v) is 6.24. The number of carbonyl (C=O) groups excluding carboxylic acids is 1. The van der Waals surface area contributed by atoms with Crippen LogP contribution in [0.4, 0.5) is 0 Å². The lowest BCUT2D eigenvalue weighted by molar-refractivity contribution is -0.116. The molecule has 5 heteroatoms. The van der Waals surface area contributed by atoms with Crippen molar-refractivity contribution in [3.05, 3.63) is 57.7 Å². The lowest BCUT2D eigenvalue weighted by atomic mass is 10.3. The molecule has 3 aromatic rings. The monoisotopic (exact) mass is 300 g/mol. The average molecular weight is 300 g/mol. The number of amides is 1. The fourth-order valence-electron chi connectivity index (χ4n) is 1.75. The number of rotatable bonds is 4. The molecular formula is C15H12N2OS2. The van der Waals surface area contributed by atoms with E-state index >= 15 is 0 Å². The number of benzene rings is 1. The Balaban J connectivity index is 1.62. The van der Waals surface area contributed by atoms with E-state index in [1.54, 1.807) is 28.7 Å². The van der Waals surface area contributed by atoms with Gasteiger partial charge in [0, 0.05) is 11.0 Å². The zero-order chi connectivity index (χ0) is 13.8. The Morgan fingerprint density at radius 3 is 2.95 bits per heavy atom. The number of hydrogen-bond donors (Lipinski definition) is 1. The second-order valence-electron chi connectivity index (χ2n) is 4.15. The number of carbonyl (C=O) groups is 1. The Bertz CT molecular complexity index is 711. The summed E-state index contributed by atoms with van der Waals surface area (Å²) in [4.78, 5) is 17.3. The van der Waals surface area contributed by atoms with Crippen LogP contribution in [0.1, 0.15) is 9.88 Å². The predicted octanol–water partition coefficient (Wildman–Crippen LogP) is 3.69. The first-order valence-electron chi connectivity index (χ1n) is 6.15. The molecule has 0 radical (unpaired) electrons. The van der Waals surface area contributed by atoms with Crippen LogP contribution in [0.25, 0.3) is 16.3 Å². The minimum Gasteiger partial charge on any atom is -0.348 e. The summed E-state index contributed by atoms with van der Waals surface area (Å²) in [6, 6.07) is 11.9. The number of nitrogens with one attached hydrogen (secondary N) is 1. The maximum absolute atomic E-state index is 11.7. The summed E-state index contributed by atoms with van der Waals surface area (Å²) >= 11 is 3.21. The van der Waals surface area contributed by atoms with Crippen LogP contribution < -0.4 is 5.32 Å². The van der Waals surface area contributed by atoms with Crippen molar-refractivity contribution in [3.8, 4) is 0 Å². The van der Waals surface area contributed by atoms with Gasteiger partial charge in [0.1, 0.15) is 5.01 Å². The van der Waals surface area contributed by atoms with Crippen LogP contribution in [0.15, 0.2) is 47.9 Å². The highest BCUT2D eigenvalue weighted by atomic mass is 32.1. The van der Waals surface area contributed by atoms with Crippen molar-refractivity contribution in [1.82, 2.24) is 10.3 Å². The zero-order valence-electron chi connectivity index (χ0n) is 10.6. The highest BCUT2D eigenvalue weighted by Gasteiger charge is 2.01. The van der Waals surface area contributed by atoms with Crippen LogP contribution >= 0.6 is 22.7 Å². The maximum Gasteiger partial charge on any atom is 0.244 e. The molecule has 3 rings (SSSR count). The molecule has 0 saturated carbocycles. The van der Waals surface area contributed by atoms with Crippen molar-refractivity contribution < 1.29 is 4.79 Å². The maximum atomic E-state index is 11.7. The predicted molar refractivity (Wildman–Crippen MR) is 84.8 cm³/mol. The van der Waals surface area contributed by atoms with E-state index in [-0.39, 0.29) is 5.91 Å². The van der Waals surface area contributed by atoms with Crippen LogP contribution in [0.2, 0.25) is 0 Å². The summed E-state index contributed by atoms with van der Waals surface area (Å²) < 4.78 is 1.13. The van der Waals surface area contributed by atoms with Gasteiger partial charge in [0.2, 0.25) is 5.91 Å². The molecule has 1 amide bonds. The van der Waals surface area contributed by atoms with Gasteiger partial charge in [0.25, 0.3) is 0 Å². The minimum absolute atomic E-state index is 0.0994. The molecule has 20 heavy (non-hydrogen) atoms. The number of hydrogen-bond acceptors (Lipinski definition) is 4. The van der Waals surface area contributed by atoms with Gasteiger partial charge in [-0.3, -0.25) is 4.79 Å². The first-order valence-corrected chi connectivity index (χ1v) is 7.85. The van der Waals surface area contributed by atoms with Crippen molar-refractivity contribution in [2.75, 3.05) is 0 Å². The Morgan fingerprint density at radius 2 is 2.15 bits per heavy atom. The second kappa shape index (κ2) is 5.98. The molecule has 0 aliphatic carbocycles. The fraction of sp³-hybridized carbons (Fsp3) is 0.0667. The first-order chi connectivity index (χ1) is 9.81. The summed E-state index contributed by atoms with van der Waals surface area (Å²) in [5, 5.41) is 5.69. The van der Waals surface area contributed by atoms with E-state index in [0.717, 1.165) is 20.1 Å². The number of thiazole rings is 1.